The third kappa shape index (κ3) is 2.43. The number of benzene rings is 1. The van der Waals surface area contributed by atoms with Crippen LogP contribution in [0.15, 0.2) is 33.6 Å². The Bertz CT molecular complexity index is 400. The summed E-state index contributed by atoms with van der Waals surface area (Å²) >= 11 is 4.90. The first-order valence-corrected chi connectivity index (χ1v) is 6.91. The van der Waals surface area contributed by atoms with E-state index in [0.29, 0.717) is 0 Å². The Labute approximate surface area is 108 Å². The number of rotatable bonds is 3. The van der Waals surface area contributed by atoms with Crippen molar-refractivity contribution in [1.29, 1.82) is 0 Å². The molecule has 1 aromatic rings. The molecule has 2 rings (SSSR count). The number of aliphatic carboxylic acids is 1. The van der Waals surface area contributed by atoms with Gasteiger partial charge in [-0.3, -0.25) is 4.79 Å². The van der Waals surface area contributed by atoms with Crippen LogP contribution in [0, 0.1) is 0 Å². The summed E-state index contributed by atoms with van der Waals surface area (Å²) in [5.74, 6) is -0.671. The first-order chi connectivity index (χ1) is 7.62. The van der Waals surface area contributed by atoms with Gasteiger partial charge in [0.25, 0.3) is 0 Å². The van der Waals surface area contributed by atoms with Gasteiger partial charge in [0.05, 0.1) is 0 Å². The summed E-state index contributed by atoms with van der Waals surface area (Å²) in [7, 11) is 0. The van der Waals surface area contributed by atoms with E-state index in [4.69, 9.17) is 0 Å². The molecule has 0 amide bonds. The van der Waals surface area contributed by atoms with Crippen molar-refractivity contribution in [2.75, 3.05) is 0 Å². The van der Waals surface area contributed by atoms with Crippen LogP contribution in [0.2, 0.25) is 0 Å². The van der Waals surface area contributed by atoms with Crippen LogP contribution >= 0.6 is 27.7 Å². The maximum absolute atomic E-state index is 11.4. The van der Waals surface area contributed by atoms with Crippen molar-refractivity contribution < 1.29 is 9.90 Å². The molecule has 0 saturated heterocycles. The Morgan fingerprint density at radius 1 is 1.38 bits per heavy atom. The summed E-state index contributed by atoms with van der Waals surface area (Å²) in [4.78, 5) is 12.4. The van der Waals surface area contributed by atoms with Crippen LogP contribution in [0.25, 0.3) is 0 Å². The largest absolute Gasteiger partial charge is 0.480 e. The number of thioether (sulfide) groups is 1. The van der Waals surface area contributed by atoms with Crippen LogP contribution in [0.3, 0.4) is 0 Å². The summed E-state index contributed by atoms with van der Waals surface area (Å²) < 4.78 is 0.400. The van der Waals surface area contributed by atoms with Gasteiger partial charge in [0.15, 0.2) is 0 Å². The van der Waals surface area contributed by atoms with Crippen LogP contribution in [-0.2, 0) is 4.79 Å². The molecule has 1 saturated carbocycles. The summed E-state index contributed by atoms with van der Waals surface area (Å²) in [5, 5.41) is 9.36. The zero-order valence-electron chi connectivity index (χ0n) is 8.78. The standard InChI is InChI=1S/C12H13BrO2S/c13-9-4-3-5-10(8-9)16-12(11(14)15)6-1-2-7-12/h3-5,8H,1-2,6-7H2,(H,14,15). The highest BCUT2D eigenvalue weighted by Crippen LogP contribution is 2.45. The zero-order valence-corrected chi connectivity index (χ0v) is 11.2. The lowest BCUT2D eigenvalue weighted by Crippen LogP contribution is -2.31. The van der Waals surface area contributed by atoms with Crippen LogP contribution in [0.4, 0.5) is 0 Å². The Balaban J connectivity index is 2.21. The highest BCUT2D eigenvalue weighted by molar-refractivity contribution is 9.10. The molecule has 1 fully saturated rings. The third-order valence-electron chi connectivity index (χ3n) is 2.91. The fraction of sp³-hybridized carbons (Fsp3) is 0.417. The number of carbonyl (C=O) groups is 1. The van der Waals surface area contributed by atoms with E-state index in [1.54, 1.807) is 0 Å². The van der Waals surface area contributed by atoms with Crippen molar-refractivity contribution in [3.05, 3.63) is 28.7 Å². The molecule has 0 aliphatic heterocycles. The normalized spacial score (nSPS) is 18.6. The molecular weight excluding hydrogens is 288 g/mol. The van der Waals surface area contributed by atoms with E-state index < -0.39 is 10.7 Å². The molecule has 0 radical (unpaired) electrons. The Hall–Kier alpha value is -0.480. The monoisotopic (exact) mass is 300 g/mol. The van der Waals surface area contributed by atoms with E-state index in [9.17, 15) is 9.90 Å². The molecule has 4 heteroatoms. The second-order valence-corrected chi connectivity index (χ2v) is 6.44. The van der Waals surface area contributed by atoms with Crippen molar-refractivity contribution in [2.45, 2.75) is 35.3 Å². The summed E-state index contributed by atoms with van der Waals surface area (Å²) in [6, 6.07) is 7.84. The van der Waals surface area contributed by atoms with E-state index in [-0.39, 0.29) is 0 Å². The van der Waals surface area contributed by atoms with Gasteiger partial charge in [0, 0.05) is 9.37 Å². The first-order valence-electron chi connectivity index (χ1n) is 5.30. The van der Waals surface area contributed by atoms with Crippen molar-refractivity contribution in [2.24, 2.45) is 0 Å². The first kappa shape index (κ1) is 12.0. The molecule has 0 atom stereocenters. The quantitative estimate of drug-likeness (QED) is 0.919. The Morgan fingerprint density at radius 3 is 2.62 bits per heavy atom. The number of halogens is 1. The van der Waals surface area contributed by atoms with Crippen LogP contribution < -0.4 is 0 Å². The molecule has 1 N–H and O–H groups in total. The lowest BCUT2D eigenvalue weighted by molar-refractivity contribution is -0.139. The molecule has 2 nitrogen and oxygen atoms in total. The van der Waals surface area contributed by atoms with Crippen molar-refractivity contribution >= 4 is 33.7 Å². The highest BCUT2D eigenvalue weighted by Gasteiger charge is 2.42. The van der Waals surface area contributed by atoms with Gasteiger partial charge in [-0.05, 0) is 31.0 Å². The van der Waals surface area contributed by atoms with E-state index >= 15 is 0 Å². The SMILES string of the molecule is O=C(O)C1(Sc2cccc(Br)c2)CCCC1. The average molecular weight is 301 g/mol. The maximum atomic E-state index is 11.4. The van der Waals surface area contributed by atoms with Gasteiger partial charge < -0.3 is 5.11 Å². The van der Waals surface area contributed by atoms with Gasteiger partial charge in [-0.15, -0.1) is 11.8 Å². The molecule has 0 unspecified atom stereocenters. The molecule has 1 aliphatic rings. The van der Waals surface area contributed by atoms with E-state index in [2.05, 4.69) is 15.9 Å². The Morgan fingerprint density at radius 2 is 2.06 bits per heavy atom. The van der Waals surface area contributed by atoms with Gasteiger partial charge >= 0.3 is 5.97 Å². The molecule has 1 aromatic carbocycles. The third-order valence-corrected chi connectivity index (χ3v) is 4.87. The minimum absolute atomic E-state index is 0.596. The summed E-state index contributed by atoms with van der Waals surface area (Å²) in [6.45, 7) is 0. The zero-order chi connectivity index (χ0) is 11.6. The van der Waals surface area contributed by atoms with E-state index in [1.165, 1.54) is 11.8 Å². The molecule has 16 heavy (non-hydrogen) atoms. The van der Waals surface area contributed by atoms with Crippen LogP contribution in [0.5, 0.6) is 0 Å². The van der Waals surface area contributed by atoms with Gasteiger partial charge in [-0.1, -0.05) is 34.8 Å². The van der Waals surface area contributed by atoms with E-state index in [0.717, 1.165) is 35.1 Å². The van der Waals surface area contributed by atoms with E-state index in [1.807, 2.05) is 24.3 Å². The minimum Gasteiger partial charge on any atom is -0.480 e. The van der Waals surface area contributed by atoms with Crippen molar-refractivity contribution in [1.82, 2.24) is 0 Å². The molecule has 0 aromatic heterocycles. The molecule has 0 bridgehead atoms. The predicted octanol–water partition coefficient (Wildman–Crippen LogP) is 3.94. The van der Waals surface area contributed by atoms with Crippen molar-refractivity contribution in [3.63, 3.8) is 0 Å². The number of hydrogen-bond donors (Lipinski definition) is 1. The van der Waals surface area contributed by atoms with Gasteiger partial charge in [0.2, 0.25) is 0 Å². The highest BCUT2D eigenvalue weighted by atomic mass is 79.9. The maximum Gasteiger partial charge on any atom is 0.320 e. The number of carboxylic acid groups (broad SMARTS) is 1. The topological polar surface area (TPSA) is 37.3 Å². The lowest BCUT2D eigenvalue weighted by Gasteiger charge is -2.22. The molecule has 86 valence electrons. The lowest BCUT2D eigenvalue weighted by atomic mass is 10.1. The smallest absolute Gasteiger partial charge is 0.320 e. The molecular formula is C12H13BrO2S. The Kier molecular flexibility index (Phi) is 3.60. The fourth-order valence-electron chi connectivity index (χ4n) is 2.06. The van der Waals surface area contributed by atoms with Gasteiger partial charge in [-0.25, -0.2) is 0 Å². The van der Waals surface area contributed by atoms with Gasteiger partial charge in [-0.2, -0.15) is 0 Å². The van der Waals surface area contributed by atoms with Crippen LogP contribution in [-0.4, -0.2) is 15.8 Å². The summed E-state index contributed by atoms with van der Waals surface area (Å²) in [6.07, 6.45) is 3.60. The average Bonchev–Trinajstić information content (AvgIpc) is 2.67. The molecule has 0 heterocycles. The second kappa shape index (κ2) is 4.80. The van der Waals surface area contributed by atoms with Gasteiger partial charge in [0.1, 0.15) is 4.75 Å². The second-order valence-electron chi connectivity index (χ2n) is 4.07. The predicted molar refractivity (Wildman–Crippen MR) is 68.8 cm³/mol. The number of carboxylic acids is 1. The fourth-order valence-corrected chi connectivity index (χ4v) is 3.98. The molecule has 0 spiro atoms. The number of hydrogen-bond acceptors (Lipinski definition) is 2. The van der Waals surface area contributed by atoms with Crippen LogP contribution in [0.1, 0.15) is 25.7 Å². The van der Waals surface area contributed by atoms with Crippen molar-refractivity contribution in [3.8, 4) is 0 Å². The summed E-state index contributed by atoms with van der Waals surface area (Å²) in [5.41, 5.74) is 0. The minimum atomic E-state index is -0.671. The molecule has 1 aliphatic carbocycles.